The Morgan fingerprint density at radius 2 is 1.92 bits per heavy atom. The first-order valence-corrected chi connectivity index (χ1v) is 10.5. The summed E-state index contributed by atoms with van der Waals surface area (Å²) in [5.74, 6) is -0.504. The second kappa shape index (κ2) is 8.47. The van der Waals surface area contributed by atoms with E-state index in [9.17, 15) is 18.0 Å². The minimum Gasteiger partial charge on any atom is -0.355 e. The van der Waals surface area contributed by atoms with Crippen LogP contribution in [0.15, 0.2) is 24.3 Å². The molecule has 1 aromatic carbocycles. The van der Waals surface area contributed by atoms with E-state index in [1.54, 1.807) is 0 Å². The van der Waals surface area contributed by atoms with Gasteiger partial charge in [0.05, 0.1) is 17.4 Å². The molecule has 0 bridgehead atoms. The third kappa shape index (κ3) is 5.85. The van der Waals surface area contributed by atoms with Gasteiger partial charge in [-0.15, -0.1) is 0 Å². The van der Waals surface area contributed by atoms with Gasteiger partial charge in [0, 0.05) is 19.0 Å². The topological polar surface area (TPSA) is 92.3 Å². The zero-order chi connectivity index (χ0) is 18.4. The van der Waals surface area contributed by atoms with Gasteiger partial charge in [0.2, 0.25) is 11.8 Å². The number of amides is 2. The van der Waals surface area contributed by atoms with Crippen LogP contribution in [0, 0.1) is 0 Å². The lowest BCUT2D eigenvalue weighted by atomic mass is 9.98. The molecule has 0 aliphatic carbocycles. The van der Waals surface area contributed by atoms with Crippen LogP contribution in [-0.2, 0) is 25.8 Å². The van der Waals surface area contributed by atoms with Crippen LogP contribution in [0.5, 0.6) is 0 Å². The van der Waals surface area contributed by atoms with E-state index in [-0.39, 0.29) is 48.2 Å². The van der Waals surface area contributed by atoms with Crippen molar-refractivity contribution in [2.45, 2.75) is 45.1 Å². The van der Waals surface area contributed by atoms with Gasteiger partial charge in [0.15, 0.2) is 9.84 Å². The first kappa shape index (κ1) is 19.4. The van der Waals surface area contributed by atoms with E-state index in [0.717, 1.165) is 12.0 Å². The molecule has 1 fully saturated rings. The Morgan fingerprint density at radius 1 is 1.24 bits per heavy atom. The molecule has 138 valence electrons. The highest BCUT2D eigenvalue weighted by Gasteiger charge is 2.28. The lowest BCUT2D eigenvalue weighted by Gasteiger charge is -2.14. The van der Waals surface area contributed by atoms with E-state index >= 15 is 0 Å². The molecule has 0 aromatic heterocycles. The Labute approximate surface area is 149 Å². The highest BCUT2D eigenvalue weighted by atomic mass is 32.2. The smallest absolute Gasteiger partial charge is 0.227 e. The summed E-state index contributed by atoms with van der Waals surface area (Å²) in [5, 5.41) is 5.48. The van der Waals surface area contributed by atoms with Crippen LogP contribution in [0.4, 0.5) is 0 Å². The minimum atomic E-state index is -3.01. The van der Waals surface area contributed by atoms with Crippen molar-refractivity contribution in [1.29, 1.82) is 0 Å². The summed E-state index contributed by atoms with van der Waals surface area (Å²) in [6.07, 6.45) is 1.56. The molecule has 2 atom stereocenters. The average molecular weight is 366 g/mol. The molecule has 6 nitrogen and oxygen atoms in total. The number of carbonyl (C=O) groups excluding carboxylic acids is 2. The Bertz CT molecular complexity index is 713. The van der Waals surface area contributed by atoms with Gasteiger partial charge in [-0.05, 0) is 30.9 Å². The molecule has 2 N–H and O–H groups in total. The molecule has 1 aliphatic heterocycles. The third-order valence-electron chi connectivity index (χ3n) is 4.53. The maximum Gasteiger partial charge on any atom is 0.227 e. The van der Waals surface area contributed by atoms with E-state index in [4.69, 9.17) is 0 Å². The Balaban J connectivity index is 1.73. The molecule has 1 heterocycles. The third-order valence-corrected chi connectivity index (χ3v) is 6.30. The Kier molecular flexibility index (Phi) is 6.58. The second-order valence-electron chi connectivity index (χ2n) is 6.53. The second-order valence-corrected chi connectivity index (χ2v) is 8.75. The van der Waals surface area contributed by atoms with Crippen LogP contribution in [0.1, 0.15) is 43.7 Å². The fourth-order valence-electron chi connectivity index (χ4n) is 2.85. The average Bonchev–Trinajstić information content (AvgIpc) is 2.92. The number of sulfone groups is 1. The van der Waals surface area contributed by atoms with Crippen molar-refractivity contribution in [3.8, 4) is 0 Å². The van der Waals surface area contributed by atoms with Gasteiger partial charge in [0.1, 0.15) is 0 Å². The molecule has 1 aromatic rings. The number of rotatable bonds is 7. The van der Waals surface area contributed by atoms with Crippen LogP contribution in [0.2, 0.25) is 0 Å². The molecule has 0 unspecified atom stereocenters. The van der Waals surface area contributed by atoms with Gasteiger partial charge in [-0.3, -0.25) is 9.59 Å². The maximum absolute atomic E-state index is 12.2. The van der Waals surface area contributed by atoms with E-state index in [1.807, 2.05) is 31.2 Å². The summed E-state index contributed by atoms with van der Waals surface area (Å²) in [6.45, 7) is 4.15. The molecule has 0 saturated carbocycles. The van der Waals surface area contributed by atoms with Crippen molar-refractivity contribution < 1.29 is 18.0 Å². The monoisotopic (exact) mass is 366 g/mol. The van der Waals surface area contributed by atoms with Crippen molar-refractivity contribution in [3.05, 3.63) is 35.4 Å². The zero-order valence-corrected chi connectivity index (χ0v) is 15.6. The van der Waals surface area contributed by atoms with E-state index in [0.29, 0.717) is 6.42 Å². The van der Waals surface area contributed by atoms with Gasteiger partial charge in [-0.1, -0.05) is 31.2 Å². The summed E-state index contributed by atoms with van der Waals surface area (Å²) in [5.41, 5.74) is 2.16. The maximum atomic E-state index is 12.2. The van der Waals surface area contributed by atoms with Crippen LogP contribution in [0.3, 0.4) is 0 Å². The summed E-state index contributed by atoms with van der Waals surface area (Å²) in [7, 11) is -3.01. The predicted molar refractivity (Wildman–Crippen MR) is 97.1 cm³/mol. The molecule has 25 heavy (non-hydrogen) atoms. The number of nitrogens with one attached hydrogen (secondary N) is 2. The minimum absolute atomic E-state index is 0.00981. The lowest BCUT2D eigenvalue weighted by molar-refractivity contribution is -0.123. The summed E-state index contributed by atoms with van der Waals surface area (Å²) < 4.78 is 22.7. The van der Waals surface area contributed by atoms with Gasteiger partial charge >= 0.3 is 0 Å². The standard InChI is InChI=1S/C18H26N2O4S/c1-3-14-4-6-15(7-5-14)13(2)18(22)19-10-8-17(21)20-16-9-11-25(23,24)12-16/h4-7,13,16H,3,8-12H2,1-2H3,(H,19,22)(H,20,21)/t13-,16+/m1/s1. The van der Waals surface area contributed by atoms with Crippen LogP contribution < -0.4 is 10.6 Å². The Hall–Kier alpha value is -1.89. The number of aryl methyl sites for hydroxylation is 1. The van der Waals surface area contributed by atoms with Crippen molar-refractivity contribution >= 4 is 21.7 Å². The van der Waals surface area contributed by atoms with Crippen molar-refractivity contribution in [2.24, 2.45) is 0 Å². The van der Waals surface area contributed by atoms with Crippen molar-refractivity contribution in [3.63, 3.8) is 0 Å². The molecular weight excluding hydrogens is 340 g/mol. The predicted octanol–water partition coefficient (Wildman–Crippen LogP) is 1.16. The highest BCUT2D eigenvalue weighted by molar-refractivity contribution is 7.91. The SMILES string of the molecule is CCc1ccc([C@@H](C)C(=O)NCCC(=O)N[C@H]2CCS(=O)(=O)C2)cc1. The fourth-order valence-corrected chi connectivity index (χ4v) is 4.53. The highest BCUT2D eigenvalue weighted by Crippen LogP contribution is 2.16. The summed E-state index contributed by atoms with van der Waals surface area (Å²) in [6, 6.07) is 7.64. The first-order chi connectivity index (χ1) is 11.8. The van der Waals surface area contributed by atoms with E-state index < -0.39 is 9.84 Å². The Morgan fingerprint density at radius 3 is 2.48 bits per heavy atom. The van der Waals surface area contributed by atoms with Crippen LogP contribution >= 0.6 is 0 Å². The van der Waals surface area contributed by atoms with Gasteiger partial charge in [-0.2, -0.15) is 0 Å². The molecule has 2 rings (SSSR count). The van der Waals surface area contributed by atoms with Crippen LogP contribution in [-0.4, -0.2) is 44.3 Å². The first-order valence-electron chi connectivity index (χ1n) is 8.67. The normalized spacial score (nSPS) is 20.0. The molecular formula is C18H26N2O4S. The van der Waals surface area contributed by atoms with Gasteiger partial charge in [-0.25, -0.2) is 8.42 Å². The zero-order valence-electron chi connectivity index (χ0n) is 14.7. The van der Waals surface area contributed by atoms with Gasteiger partial charge in [0.25, 0.3) is 0 Å². The summed E-state index contributed by atoms with van der Waals surface area (Å²) >= 11 is 0. The fraction of sp³-hybridized carbons (Fsp3) is 0.556. The molecule has 0 radical (unpaired) electrons. The quantitative estimate of drug-likeness (QED) is 0.757. The molecule has 1 saturated heterocycles. The van der Waals surface area contributed by atoms with Crippen molar-refractivity contribution in [1.82, 2.24) is 10.6 Å². The molecule has 1 aliphatic rings. The largest absolute Gasteiger partial charge is 0.355 e. The lowest BCUT2D eigenvalue weighted by Crippen LogP contribution is -2.38. The molecule has 0 spiro atoms. The number of hydrogen-bond acceptors (Lipinski definition) is 4. The number of carbonyl (C=O) groups is 2. The molecule has 2 amide bonds. The van der Waals surface area contributed by atoms with Crippen molar-refractivity contribution in [2.75, 3.05) is 18.1 Å². The van der Waals surface area contributed by atoms with Gasteiger partial charge < -0.3 is 10.6 Å². The van der Waals surface area contributed by atoms with E-state index in [2.05, 4.69) is 17.6 Å². The van der Waals surface area contributed by atoms with E-state index in [1.165, 1.54) is 5.56 Å². The van der Waals surface area contributed by atoms with Crippen LogP contribution in [0.25, 0.3) is 0 Å². The number of hydrogen-bond donors (Lipinski definition) is 2. The number of benzene rings is 1. The summed E-state index contributed by atoms with van der Waals surface area (Å²) in [4.78, 5) is 24.0. The molecule has 7 heteroatoms.